The van der Waals surface area contributed by atoms with Gasteiger partial charge in [0.05, 0.1) is 12.0 Å². The van der Waals surface area contributed by atoms with E-state index >= 15 is 0 Å². The number of hydrogen-bond acceptors (Lipinski definition) is 6. The van der Waals surface area contributed by atoms with Crippen LogP contribution in [-0.2, 0) is 9.59 Å². The molecule has 0 bridgehead atoms. The third-order valence-corrected chi connectivity index (χ3v) is 4.46. The Balaban J connectivity index is 1.84. The monoisotopic (exact) mass is 317 g/mol. The molecule has 0 unspecified atom stereocenters. The molecule has 114 valence electrons. The van der Waals surface area contributed by atoms with Gasteiger partial charge in [-0.1, -0.05) is 17.4 Å². The summed E-state index contributed by atoms with van der Waals surface area (Å²) < 4.78 is 0. The maximum Gasteiger partial charge on any atom is 0.232 e. The molecule has 7 nitrogen and oxygen atoms in total. The van der Waals surface area contributed by atoms with Crippen molar-refractivity contribution in [1.29, 1.82) is 0 Å². The molecular weight excluding hydrogens is 302 g/mol. The Hall–Kier alpha value is -2.35. The quantitative estimate of drug-likeness (QED) is 0.924. The van der Waals surface area contributed by atoms with E-state index in [1.165, 1.54) is 11.3 Å². The van der Waals surface area contributed by atoms with Gasteiger partial charge in [0.2, 0.25) is 16.9 Å². The molecule has 2 aromatic heterocycles. The van der Waals surface area contributed by atoms with Crippen LogP contribution in [0.1, 0.15) is 23.0 Å². The molecule has 0 aromatic carbocycles. The number of nitrogens with one attached hydrogen (secondary N) is 1. The molecule has 8 heteroatoms. The second kappa shape index (κ2) is 5.80. The Morgan fingerprint density at radius 3 is 2.91 bits per heavy atom. The zero-order valence-corrected chi connectivity index (χ0v) is 13.0. The minimum absolute atomic E-state index is 0.0533. The molecule has 0 radical (unpaired) electrons. The largest absolute Gasteiger partial charge is 0.338 e. The van der Waals surface area contributed by atoms with E-state index in [9.17, 15) is 9.59 Å². The zero-order valence-electron chi connectivity index (χ0n) is 12.2. The number of carbonyl (C=O) groups excluding carboxylic acids is 2. The molecule has 2 amide bonds. The van der Waals surface area contributed by atoms with Gasteiger partial charge in [-0.25, -0.2) is 0 Å². The van der Waals surface area contributed by atoms with Crippen molar-refractivity contribution in [1.82, 2.24) is 20.1 Å². The number of aryl methyl sites for hydroxylation is 1. The molecule has 0 saturated carbocycles. The SMILES string of the molecule is Cc1nnc(NC(=O)[C@@H]2CC(=O)N(C)[C@@H]2c2cccnc2)s1. The van der Waals surface area contributed by atoms with Crippen molar-refractivity contribution in [2.45, 2.75) is 19.4 Å². The van der Waals surface area contributed by atoms with E-state index in [2.05, 4.69) is 20.5 Å². The number of carbonyl (C=O) groups is 2. The lowest BCUT2D eigenvalue weighted by Gasteiger charge is -2.24. The first-order chi connectivity index (χ1) is 10.6. The third-order valence-electron chi connectivity index (χ3n) is 3.71. The fourth-order valence-electron chi connectivity index (χ4n) is 2.66. The number of hydrogen-bond donors (Lipinski definition) is 1. The molecule has 3 heterocycles. The molecule has 1 fully saturated rings. The highest BCUT2D eigenvalue weighted by molar-refractivity contribution is 7.15. The van der Waals surface area contributed by atoms with E-state index < -0.39 is 5.92 Å². The Labute approximate surface area is 131 Å². The van der Waals surface area contributed by atoms with Crippen molar-refractivity contribution < 1.29 is 9.59 Å². The molecule has 3 rings (SSSR count). The molecular formula is C14H15N5O2S. The van der Waals surface area contributed by atoms with Gasteiger partial charge in [0, 0.05) is 25.9 Å². The fraction of sp³-hybridized carbons (Fsp3) is 0.357. The summed E-state index contributed by atoms with van der Waals surface area (Å²) in [4.78, 5) is 30.2. The summed E-state index contributed by atoms with van der Waals surface area (Å²) in [5.41, 5.74) is 0.851. The lowest BCUT2D eigenvalue weighted by Crippen LogP contribution is -2.30. The van der Waals surface area contributed by atoms with Crippen molar-refractivity contribution in [3.05, 3.63) is 35.1 Å². The Bertz CT molecular complexity index is 702. The minimum atomic E-state index is -0.467. The number of likely N-dealkylation sites (tertiary alicyclic amines) is 1. The molecule has 22 heavy (non-hydrogen) atoms. The van der Waals surface area contributed by atoms with Crippen molar-refractivity contribution in [2.24, 2.45) is 5.92 Å². The summed E-state index contributed by atoms with van der Waals surface area (Å²) in [6.07, 6.45) is 3.54. The van der Waals surface area contributed by atoms with Crippen molar-refractivity contribution in [2.75, 3.05) is 12.4 Å². The number of nitrogens with zero attached hydrogens (tertiary/aromatic N) is 4. The molecule has 1 aliphatic rings. The first kappa shape index (κ1) is 14.6. The van der Waals surface area contributed by atoms with E-state index in [1.54, 1.807) is 30.4 Å². The summed E-state index contributed by atoms with van der Waals surface area (Å²) >= 11 is 1.31. The van der Waals surface area contributed by atoms with Crippen LogP contribution in [0, 0.1) is 12.8 Å². The summed E-state index contributed by atoms with van der Waals surface area (Å²) in [6, 6.07) is 3.37. The average Bonchev–Trinajstić information content (AvgIpc) is 3.04. The van der Waals surface area contributed by atoms with E-state index in [0.717, 1.165) is 10.6 Å². The predicted molar refractivity (Wildman–Crippen MR) is 81.1 cm³/mol. The Kier molecular flexibility index (Phi) is 3.84. The lowest BCUT2D eigenvalue weighted by atomic mass is 9.94. The van der Waals surface area contributed by atoms with Crippen LogP contribution in [0.4, 0.5) is 5.13 Å². The van der Waals surface area contributed by atoms with Gasteiger partial charge in [-0.05, 0) is 18.6 Å². The molecule has 0 spiro atoms. The second-order valence-corrected chi connectivity index (χ2v) is 6.34. The van der Waals surface area contributed by atoms with Gasteiger partial charge in [0.1, 0.15) is 5.01 Å². The lowest BCUT2D eigenvalue weighted by molar-refractivity contribution is -0.127. The van der Waals surface area contributed by atoms with Crippen LogP contribution in [-0.4, -0.2) is 38.9 Å². The van der Waals surface area contributed by atoms with E-state index in [1.807, 2.05) is 13.0 Å². The highest BCUT2D eigenvalue weighted by atomic mass is 32.1. The average molecular weight is 317 g/mol. The molecule has 1 saturated heterocycles. The number of amides is 2. The van der Waals surface area contributed by atoms with Crippen LogP contribution in [0.15, 0.2) is 24.5 Å². The van der Waals surface area contributed by atoms with Gasteiger partial charge in [-0.15, -0.1) is 10.2 Å². The van der Waals surface area contributed by atoms with Crippen molar-refractivity contribution in [3.8, 4) is 0 Å². The van der Waals surface area contributed by atoms with Crippen LogP contribution in [0.2, 0.25) is 0 Å². The van der Waals surface area contributed by atoms with Gasteiger partial charge < -0.3 is 10.2 Å². The molecule has 0 aliphatic carbocycles. The van der Waals surface area contributed by atoms with Crippen LogP contribution >= 0.6 is 11.3 Å². The number of pyridine rings is 1. The molecule has 2 aromatic rings. The van der Waals surface area contributed by atoms with Crippen LogP contribution < -0.4 is 5.32 Å². The first-order valence-corrected chi connectivity index (χ1v) is 7.64. The van der Waals surface area contributed by atoms with Gasteiger partial charge in [0.25, 0.3) is 0 Å². The van der Waals surface area contributed by atoms with Crippen LogP contribution in [0.5, 0.6) is 0 Å². The van der Waals surface area contributed by atoms with Gasteiger partial charge in [-0.3, -0.25) is 14.6 Å². The first-order valence-electron chi connectivity index (χ1n) is 6.83. The third kappa shape index (κ3) is 2.69. The summed E-state index contributed by atoms with van der Waals surface area (Å²) in [5, 5.41) is 11.7. The van der Waals surface area contributed by atoms with Gasteiger partial charge >= 0.3 is 0 Å². The number of rotatable bonds is 3. The summed E-state index contributed by atoms with van der Waals surface area (Å²) in [7, 11) is 1.71. The smallest absolute Gasteiger partial charge is 0.232 e. The maximum absolute atomic E-state index is 12.5. The van der Waals surface area contributed by atoms with Crippen LogP contribution in [0.3, 0.4) is 0 Å². The molecule has 1 aliphatic heterocycles. The van der Waals surface area contributed by atoms with Crippen LogP contribution in [0.25, 0.3) is 0 Å². The summed E-state index contributed by atoms with van der Waals surface area (Å²) in [5.74, 6) is -0.740. The van der Waals surface area contributed by atoms with Crippen molar-refractivity contribution in [3.63, 3.8) is 0 Å². The number of aromatic nitrogens is 3. The normalized spacial score (nSPS) is 21.2. The van der Waals surface area contributed by atoms with E-state index in [-0.39, 0.29) is 24.3 Å². The summed E-state index contributed by atoms with van der Waals surface area (Å²) in [6.45, 7) is 1.82. The zero-order chi connectivity index (χ0) is 15.7. The van der Waals surface area contributed by atoms with Gasteiger partial charge in [0.15, 0.2) is 0 Å². The predicted octanol–water partition coefficient (Wildman–Crippen LogP) is 1.40. The standard InChI is InChI=1S/C14H15N5O2S/c1-8-17-18-14(22-8)16-13(21)10-6-11(20)19(2)12(10)9-4-3-5-15-7-9/h3-5,7,10,12H,6H2,1-2H3,(H,16,18,21)/t10-,12-/m1/s1. The highest BCUT2D eigenvalue weighted by Gasteiger charge is 2.43. The van der Waals surface area contributed by atoms with E-state index in [0.29, 0.717) is 5.13 Å². The van der Waals surface area contributed by atoms with E-state index in [4.69, 9.17) is 0 Å². The molecule has 2 atom stereocenters. The van der Waals surface area contributed by atoms with Crippen molar-refractivity contribution >= 4 is 28.3 Å². The molecule has 1 N–H and O–H groups in total. The second-order valence-electron chi connectivity index (χ2n) is 5.16. The highest BCUT2D eigenvalue weighted by Crippen LogP contribution is 2.37. The maximum atomic E-state index is 12.5. The topological polar surface area (TPSA) is 88.1 Å². The minimum Gasteiger partial charge on any atom is -0.338 e. The Morgan fingerprint density at radius 1 is 1.45 bits per heavy atom. The fourth-order valence-corrected chi connectivity index (χ4v) is 3.25. The Morgan fingerprint density at radius 2 is 2.27 bits per heavy atom. The number of anilines is 1. The van der Waals surface area contributed by atoms with Gasteiger partial charge in [-0.2, -0.15) is 0 Å².